The first kappa shape index (κ1) is 18.1. The lowest BCUT2D eigenvalue weighted by molar-refractivity contribution is -0.0319. The molecule has 0 saturated heterocycles. The zero-order chi connectivity index (χ0) is 15.5. The largest absolute Gasteiger partial charge is 0.395 e. The van der Waals surface area contributed by atoms with Gasteiger partial charge in [0.2, 0.25) is 0 Å². The zero-order valence-electron chi connectivity index (χ0n) is 12.9. The first-order chi connectivity index (χ1) is 10.2. The maximum absolute atomic E-state index is 9.87. The van der Waals surface area contributed by atoms with Crippen molar-refractivity contribution in [3.63, 3.8) is 0 Å². The Morgan fingerprint density at radius 1 is 1.19 bits per heavy atom. The monoisotopic (exact) mass is 297 g/mol. The molecule has 3 unspecified atom stereocenters. The topological polar surface area (TPSA) is 71.0 Å². The van der Waals surface area contributed by atoms with Gasteiger partial charge < -0.3 is 25.0 Å². The Bertz CT molecular complexity index is 361. The van der Waals surface area contributed by atoms with Crippen molar-refractivity contribution >= 4 is 0 Å². The van der Waals surface area contributed by atoms with E-state index in [4.69, 9.17) is 9.47 Å². The van der Waals surface area contributed by atoms with E-state index in [1.165, 1.54) is 0 Å². The molecule has 0 radical (unpaired) electrons. The maximum Gasteiger partial charge on any atom is 0.0897 e. The lowest BCUT2D eigenvalue weighted by Crippen LogP contribution is -2.41. The van der Waals surface area contributed by atoms with Crippen molar-refractivity contribution in [2.45, 2.75) is 31.6 Å². The molecular formula is C16H27NO4. The highest BCUT2D eigenvalue weighted by Gasteiger charge is 2.12. The van der Waals surface area contributed by atoms with Crippen LogP contribution in [-0.2, 0) is 15.9 Å². The molecule has 0 spiro atoms. The molecule has 0 amide bonds. The van der Waals surface area contributed by atoms with E-state index in [9.17, 15) is 10.2 Å². The summed E-state index contributed by atoms with van der Waals surface area (Å²) in [5.74, 6) is 0. The molecule has 0 aromatic heterocycles. The van der Waals surface area contributed by atoms with Crippen molar-refractivity contribution in [1.29, 1.82) is 0 Å². The number of nitrogens with one attached hydrogen (secondary N) is 1. The van der Waals surface area contributed by atoms with Crippen molar-refractivity contribution in [3.05, 3.63) is 35.9 Å². The number of benzene rings is 1. The number of aliphatic hydroxyl groups is 2. The number of aliphatic hydroxyl groups excluding tert-OH is 2. The van der Waals surface area contributed by atoms with Crippen molar-refractivity contribution < 1.29 is 19.7 Å². The van der Waals surface area contributed by atoms with Crippen molar-refractivity contribution in [2.24, 2.45) is 0 Å². The molecule has 0 aliphatic rings. The molecule has 1 aromatic carbocycles. The summed E-state index contributed by atoms with van der Waals surface area (Å²) in [5, 5.41) is 22.4. The summed E-state index contributed by atoms with van der Waals surface area (Å²) in [7, 11) is 1.62. The van der Waals surface area contributed by atoms with Gasteiger partial charge in [-0.2, -0.15) is 0 Å². The number of rotatable bonds is 11. The fourth-order valence-electron chi connectivity index (χ4n) is 2.02. The van der Waals surface area contributed by atoms with Gasteiger partial charge in [0.15, 0.2) is 0 Å². The molecule has 5 nitrogen and oxygen atoms in total. The first-order valence-corrected chi connectivity index (χ1v) is 7.32. The molecule has 5 heteroatoms. The summed E-state index contributed by atoms with van der Waals surface area (Å²) in [6, 6.07) is 9.89. The van der Waals surface area contributed by atoms with Gasteiger partial charge in [0.25, 0.3) is 0 Å². The summed E-state index contributed by atoms with van der Waals surface area (Å²) >= 11 is 0. The second-order valence-electron chi connectivity index (χ2n) is 5.23. The van der Waals surface area contributed by atoms with E-state index in [1.54, 1.807) is 7.11 Å². The predicted octanol–water partition coefficient (Wildman–Crippen LogP) is 0.592. The van der Waals surface area contributed by atoms with Gasteiger partial charge in [0, 0.05) is 19.7 Å². The number of hydrogen-bond acceptors (Lipinski definition) is 5. The molecule has 3 N–H and O–H groups in total. The quantitative estimate of drug-likeness (QED) is 0.558. The lowest BCUT2D eigenvalue weighted by Gasteiger charge is -2.20. The van der Waals surface area contributed by atoms with Gasteiger partial charge in [-0.1, -0.05) is 30.3 Å². The Balaban J connectivity index is 2.24. The molecular weight excluding hydrogens is 270 g/mol. The van der Waals surface area contributed by atoms with Gasteiger partial charge in [0.05, 0.1) is 32.0 Å². The third-order valence-corrected chi connectivity index (χ3v) is 3.16. The molecule has 120 valence electrons. The van der Waals surface area contributed by atoms with E-state index in [2.05, 4.69) is 5.32 Å². The van der Waals surface area contributed by atoms with Crippen molar-refractivity contribution in [1.82, 2.24) is 5.32 Å². The highest BCUT2D eigenvalue weighted by Crippen LogP contribution is 2.03. The van der Waals surface area contributed by atoms with Gasteiger partial charge >= 0.3 is 0 Å². The van der Waals surface area contributed by atoms with E-state index in [-0.39, 0.29) is 25.4 Å². The number of ether oxygens (including phenoxy) is 2. The summed E-state index contributed by atoms with van der Waals surface area (Å²) < 4.78 is 10.4. The van der Waals surface area contributed by atoms with Gasteiger partial charge in [-0.05, 0) is 18.9 Å². The van der Waals surface area contributed by atoms with E-state index < -0.39 is 6.10 Å². The van der Waals surface area contributed by atoms with E-state index in [0.29, 0.717) is 13.2 Å². The zero-order valence-corrected chi connectivity index (χ0v) is 12.9. The average molecular weight is 297 g/mol. The van der Waals surface area contributed by atoms with Crippen molar-refractivity contribution in [2.75, 3.05) is 33.5 Å². The molecule has 21 heavy (non-hydrogen) atoms. The van der Waals surface area contributed by atoms with Crippen LogP contribution in [0.4, 0.5) is 0 Å². The molecule has 0 fully saturated rings. The van der Waals surface area contributed by atoms with Crippen molar-refractivity contribution in [3.8, 4) is 0 Å². The summed E-state index contributed by atoms with van der Waals surface area (Å²) in [5.41, 5.74) is 1.16. The molecule has 1 aromatic rings. The molecule has 0 aliphatic carbocycles. The summed E-state index contributed by atoms with van der Waals surface area (Å²) in [4.78, 5) is 0. The van der Waals surface area contributed by atoms with Crippen LogP contribution in [-0.4, -0.2) is 61.9 Å². The molecule has 3 atom stereocenters. The fourth-order valence-corrected chi connectivity index (χ4v) is 2.02. The Hall–Kier alpha value is -0.980. The smallest absolute Gasteiger partial charge is 0.0897 e. The van der Waals surface area contributed by atoms with Crippen LogP contribution in [0.5, 0.6) is 0 Å². The minimum Gasteiger partial charge on any atom is -0.395 e. The maximum atomic E-state index is 9.87. The second-order valence-corrected chi connectivity index (χ2v) is 5.23. The average Bonchev–Trinajstić information content (AvgIpc) is 2.50. The standard InChI is InChI=1S/C16H27NO4/c1-13(11-20-2)21-12-16(19)9-17-15(10-18)8-14-6-4-3-5-7-14/h3-7,13,15-19H,8-12H2,1-2H3. The number of methoxy groups -OCH3 is 1. The molecule has 1 rings (SSSR count). The van der Waals surface area contributed by atoms with Gasteiger partial charge in [-0.25, -0.2) is 0 Å². The molecule has 0 bridgehead atoms. The van der Waals surface area contributed by atoms with Crippen LogP contribution in [0.3, 0.4) is 0 Å². The lowest BCUT2D eigenvalue weighted by atomic mass is 10.1. The van der Waals surface area contributed by atoms with Crippen LogP contribution in [0, 0.1) is 0 Å². The van der Waals surface area contributed by atoms with E-state index in [0.717, 1.165) is 12.0 Å². The Kier molecular flexibility index (Phi) is 9.21. The highest BCUT2D eigenvalue weighted by atomic mass is 16.5. The van der Waals surface area contributed by atoms with Crippen LogP contribution in [0.25, 0.3) is 0 Å². The van der Waals surface area contributed by atoms with Gasteiger partial charge in [-0.15, -0.1) is 0 Å². The normalized spacial score (nSPS) is 15.6. The van der Waals surface area contributed by atoms with Crippen LogP contribution in [0.1, 0.15) is 12.5 Å². The summed E-state index contributed by atoms with van der Waals surface area (Å²) in [6.45, 7) is 3.07. The van der Waals surface area contributed by atoms with Crippen LogP contribution in [0.15, 0.2) is 30.3 Å². The highest BCUT2D eigenvalue weighted by molar-refractivity contribution is 5.15. The SMILES string of the molecule is COCC(C)OCC(O)CNC(CO)Cc1ccccc1. The van der Waals surface area contributed by atoms with Crippen LogP contribution in [0.2, 0.25) is 0 Å². The van der Waals surface area contributed by atoms with Gasteiger partial charge in [0.1, 0.15) is 0 Å². The Morgan fingerprint density at radius 3 is 2.52 bits per heavy atom. The fraction of sp³-hybridized carbons (Fsp3) is 0.625. The third kappa shape index (κ3) is 8.14. The number of hydrogen-bond donors (Lipinski definition) is 3. The minimum atomic E-state index is -0.603. The Morgan fingerprint density at radius 2 is 1.90 bits per heavy atom. The predicted molar refractivity (Wildman–Crippen MR) is 82.3 cm³/mol. The van der Waals surface area contributed by atoms with E-state index in [1.807, 2.05) is 37.3 Å². The van der Waals surface area contributed by atoms with E-state index >= 15 is 0 Å². The Labute approximate surface area is 126 Å². The van der Waals surface area contributed by atoms with Crippen LogP contribution >= 0.6 is 0 Å². The first-order valence-electron chi connectivity index (χ1n) is 7.32. The third-order valence-electron chi connectivity index (χ3n) is 3.16. The molecule has 0 saturated carbocycles. The molecule has 0 aliphatic heterocycles. The second kappa shape index (κ2) is 10.7. The van der Waals surface area contributed by atoms with Crippen LogP contribution < -0.4 is 5.32 Å². The van der Waals surface area contributed by atoms with Gasteiger partial charge in [-0.3, -0.25) is 0 Å². The molecule has 0 heterocycles. The summed E-state index contributed by atoms with van der Waals surface area (Å²) in [6.07, 6.45) is 0.0853. The minimum absolute atomic E-state index is 0.0303.